The van der Waals surface area contributed by atoms with Crippen molar-refractivity contribution in [2.24, 2.45) is 0 Å². The summed E-state index contributed by atoms with van der Waals surface area (Å²) in [4.78, 5) is 0. The summed E-state index contributed by atoms with van der Waals surface area (Å²) in [6.07, 6.45) is 7.87. The molecule has 1 aliphatic carbocycles. The molecule has 0 amide bonds. The summed E-state index contributed by atoms with van der Waals surface area (Å²) in [5.41, 5.74) is 7.65. The van der Waals surface area contributed by atoms with Crippen molar-refractivity contribution in [1.29, 1.82) is 0 Å². The van der Waals surface area contributed by atoms with E-state index in [-0.39, 0.29) is 61.8 Å². The number of benzene rings is 2. The van der Waals surface area contributed by atoms with Crippen LogP contribution in [0.15, 0.2) is 48.6 Å². The number of hydrogen-bond donors (Lipinski definition) is 0. The van der Waals surface area contributed by atoms with Crippen LogP contribution in [0.3, 0.4) is 0 Å². The van der Waals surface area contributed by atoms with Crippen LogP contribution in [-0.2, 0) is 37.0 Å². The average Bonchev–Trinajstić information content (AvgIpc) is 3.25. The third-order valence-corrected chi connectivity index (χ3v) is 6.37. The van der Waals surface area contributed by atoms with E-state index in [4.69, 9.17) is 0 Å². The number of hydrogen-bond acceptors (Lipinski definition) is 0. The van der Waals surface area contributed by atoms with Gasteiger partial charge in [-0.05, 0) is 23.2 Å². The molecule has 1 radical (unpaired) electrons. The maximum Gasteiger partial charge on any atom is 3.00 e. The first-order valence-corrected chi connectivity index (χ1v) is 11.1. The first kappa shape index (κ1) is 29.3. The van der Waals surface area contributed by atoms with E-state index < -0.39 is 0 Å². The van der Waals surface area contributed by atoms with Crippen LogP contribution in [0.4, 0.5) is 0 Å². The molecule has 3 heteroatoms. The maximum atomic E-state index is 2.49. The Morgan fingerprint density at radius 2 is 1.53 bits per heavy atom. The van der Waals surface area contributed by atoms with Crippen LogP contribution in [0, 0.1) is 0 Å². The molecule has 0 saturated carbocycles. The molecular weight excluding hydrogens is 510 g/mol. The van der Waals surface area contributed by atoms with Crippen LogP contribution in [0.2, 0.25) is 0 Å². The molecule has 0 nitrogen and oxygen atoms in total. The molecular formula is C29H35Cl2Zr. The largest absolute Gasteiger partial charge is 3.00 e. The molecule has 0 unspecified atom stereocenters. The van der Waals surface area contributed by atoms with Crippen molar-refractivity contribution >= 4 is 27.1 Å². The van der Waals surface area contributed by atoms with Crippen LogP contribution in [0.1, 0.15) is 90.0 Å². The van der Waals surface area contributed by atoms with Crippen LogP contribution < -0.4 is 24.8 Å². The summed E-state index contributed by atoms with van der Waals surface area (Å²) in [5.74, 6) is 0.501. The van der Waals surface area contributed by atoms with Gasteiger partial charge in [-0.25, -0.2) is 0 Å². The van der Waals surface area contributed by atoms with E-state index in [9.17, 15) is 0 Å². The van der Waals surface area contributed by atoms with E-state index in [0.29, 0.717) is 5.92 Å². The summed E-state index contributed by atoms with van der Waals surface area (Å²) >= 11 is 0. The molecule has 0 spiro atoms. The minimum absolute atomic E-state index is 0. The molecule has 0 saturated heterocycles. The van der Waals surface area contributed by atoms with E-state index in [1.165, 1.54) is 49.4 Å². The predicted molar refractivity (Wildman–Crippen MR) is 130 cm³/mol. The third-order valence-electron chi connectivity index (χ3n) is 6.37. The number of fused-ring (bicyclic) bond motifs is 3. The Balaban J connectivity index is 0.00000171. The second-order valence-electron chi connectivity index (χ2n) is 11.1. The first-order valence-electron chi connectivity index (χ1n) is 11.1. The normalized spacial score (nSPS) is 13.7. The topological polar surface area (TPSA) is 0 Å². The molecule has 0 aromatic heterocycles. The fourth-order valence-corrected chi connectivity index (χ4v) is 4.87. The van der Waals surface area contributed by atoms with Gasteiger partial charge in [0.25, 0.3) is 0 Å². The average molecular weight is 546 g/mol. The van der Waals surface area contributed by atoms with Crippen molar-refractivity contribution in [2.75, 3.05) is 0 Å². The van der Waals surface area contributed by atoms with Gasteiger partial charge in [0.15, 0.2) is 0 Å². The van der Waals surface area contributed by atoms with Crippen molar-refractivity contribution in [3.05, 3.63) is 70.8 Å². The van der Waals surface area contributed by atoms with Gasteiger partial charge in [0.2, 0.25) is 0 Å². The fourth-order valence-electron chi connectivity index (χ4n) is 4.87. The zero-order valence-electron chi connectivity index (χ0n) is 20.7. The molecule has 0 aliphatic heterocycles. The van der Waals surface area contributed by atoms with Crippen LogP contribution in [0.5, 0.6) is 0 Å². The van der Waals surface area contributed by atoms with Gasteiger partial charge in [-0.3, -0.25) is 0 Å². The molecule has 1 aliphatic rings. The summed E-state index contributed by atoms with van der Waals surface area (Å²) in [5, 5.41) is 5.61. The molecule has 0 fully saturated rings. The van der Waals surface area contributed by atoms with Crippen molar-refractivity contribution in [1.82, 2.24) is 0 Å². The minimum atomic E-state index is 0. The summed E-state index contributed by atoms with van der Waals surface area (Å²) in [7, 11) is 0. The van der Waals surface area contributed by atoms with Gasteiger partial charge in [0.05, 0.1) is 0 Å². The van der Waals surface area contributed by atoms with Gasteiger partial charge in [-0.2, -0.15) is 0 Å². The monoisotopic (exact) mass is 543 g/mol. The number of rotatable bonds is 2. The molecule has 3 aromatic carbocycles. The predicted octanol–water partition coefficient (Wildman–Crippen LogP) is 2.78. The third kappa shape index (κ3) is 5.16. The van der Waals surface area contributed by atoms with Gasteiger partial charge < -0.3 is 24.8 Å². The molecule has 3 aromatic rings. The fraction of sp³-hybridized carbons (Fsp3) is 0.414. The summed E-state index contributed by atoms with van der Waals surface area (Å²) < 4.78 is 0. The van der Waals surface area contributed by atoms with Gasteiger partial charge >= 0.3 is 26.2 Å². The summed E-state index contributed by atoms with van der Waals surface area (Å²) in [6.45, 7) is 18.7. The maximum absolute atomic E-state index is 2.49. The second-order valence-corrected chi connectivity index (χ2v) is 11.1. The van der Waals surface area contributed by atoms with Crippen LogP contribution >= 0.6 is 0 Å². The zero-order valence-corrected chi connectivity index (χ0v) is 24.6. The number of halogens is 2. The first-order chi connectivity index (χ1) is 13.5. The minimum Gasteiger partial charge on any atom is -1.00 e. The standard InChI is InChI=1S/C29H35.2ClH.Zr/c1-18(2)23-17-24-22-14-13-21(28(3,4)5)15-20(22)16-25(24)26(19-11-9-10-12-19)27(23)29(6,7)8;;;/h9-11,13-18H,12H2,1-8H3;2*1H;/q-1;;;+3/p-2. The smallest absolute Gasteiger partial charge is 1.00 e. The van der Waals surface area contributed by atoms with E-state index >= 15 is 0 Å². The molecule has 32 heavy (non-hydrogen) atoms. The SMILES string of the molecule is CC(C)c1cc2c([cH-]c3cc(C(C)(C)C)ccc32)c(C2=CC=CC2)c1C(C)(C)C.[Cl-].[Cl-].[Zr+3]. The van der Waals surface area contributed by atoms with E-state index in [0.717, 1.165) is 6.42 Å². The molecule has 4 rings (SSSR count). The Labute approximate surface area is 226 Å². The zero-order chi connectivity index (χ0) is 21.1. The summed E-state index contributed by atoms with van der Waals surface area (Å²) in [6, 6.07) is 12.0. The van der Waals surface area contributed by atoms with Crippen LogP contribution in [-0.4, -0.2) is 0 Å². The van der Waals surface area contributed by atoms with Gasteiger partial charge in [-0.15, -0.1) is 33.7 Å². The van der Waals surface area contributed by atoms with E-state index in [2.05, 4.69) is 104 Å². The van der Waals surface area contributed by atoms with Crippen molar-refractivity contribution in [3.8, 4) is 0 Å². The molecule has 0 N–H and O–H groups in total. The Morgan fingerprint density at radius 1 is 0.875 bits per heavy atom. The van der Waals surface area contributed by atoms with Crippen molar-refractivity contribution < 1.29 is 51.0 Å². The molecule has 0 bridgehead atoms. The van der Waals surface area contributed by atoms with E-state index in [1.807, 2.05) is 0 Å². The van der Waals surface area contributed by atoms with E-state index in [1.54, 1.807) is 0 Å². The molecule has 0 atom stereocenters. The Kier molecular flexibility index (Phi) is 9.38. The Bertz CT molecular complexity index is 1160. The molecule has 0 heterocycles. The molecule has 169 valence electrons. The Hall–Kier alpha value is -0.747. The van der Waals surface area contributed by atoms with Crippen molar-refractivity contribution in [2.45, 2.75) is 78.6 Å². The van der Waals surface area contributed by atoms with Crippen molar-refractivity contribution in [3.63, 3.8) is 0 Å². The Morgan fingerprint density at radius 3 is 2.03 bits per heavy atom. The van der Waals surface area contributed by atoms with Gasteiger partial charge in [-0.1, -0.05) is 120 Å². The van der Waals surface area contributed by atoms with Gasteiger partial charge in [0.1, 0.15) is 0 Å². The number of allylic oxidation sites excluding steroid dienone is 4. The van der Waals surface area contributed by atoms with Gasteiger partial charge in [0, 0.05) is 0 Å². The quantitative estimate of drug-likeness (QED) is 0.435. The second kappa shape index (κ2) is 10.3. The van der Waals surface area contributed by atoms with Crippen LogP contribution in [0.25, 0.3) is 27.1 Å².